The summed E-state index contributed by atoms with van der Waals surface area (Å²) >= 11 is 0. The highest BCUT2D eigenvalue weighted by atomic mass is 19.1. The van der Waals surface area contributed by atoms with E-state index in [4.69, 9.17) is 9.26 Å². The zero-order valence-corrected chi connectivity index (χ0v) is 12.3. The van der Waals surface area contributed by atoms with Crippen molar-refractivity contribution < 1.29 is 13.7 Å². The van der Waals surface area contributed by atoms with Crippen molar-refractivity contribution >= 4 is 6.01 Å². The summed E-state index contributed by atoms with van der Waals surface area (Å²) in [6, 6.07) is 6.69. The van der Waals surface area contributed by atoms with Gasteiger partial charge in [-0.05, 0) is 25.1 Å². The molecule has 2 aromatic rings. The third kappa shape index (κ3) is 3.80. The van der Waals surface area contributed by atoms with Gasteiger partial charge < -0.3 is 14.6 Å². The minimum atomic E-state index is -0.359. The molecule has 6 nitrogen and oxygen atoms in total. The molecule has 0 amide bonds. The first-order valence-electron chi connectivity index (χ1n) is 7.45. The lowest BCUT2D eigenvalue weighted by atomic mass is 10.2. The number of anilines is 1. The maximum Gasteiger partial charge on any atom is 0.321 e. The average Bonchev–Trinajstić information content (AvgIpc) is 3.02. The SMILES string of the molecule is Fc1ccccc1-c1noc(NCCCN2CCOCC2)n1. The van der Waals surface area contributed by atoms with Crippen molar-refractivity contribution in [2.75, 3.05) is 44.7 Å². The Morgan fingerprint density at radius 3 is 2.86 bits per heavy atom. The summed E-state index contributed by atoms with van der Waals surface area (Å²) in [6.45, 7) is 5.32. The number of nitrogens with one attached hydrogen (secondary N) is 1. The quantitative estimate of drug-likeness (QED) is 0.824. The Hall–Kier alpha value is -1.99. The van der Waals surface area contributed by atoms with Crippen molar-refractivity contribution in [3.63, 3.8) is 0 Å². The van der Waals surface area contributed by atoms with Crippen LogP contribution < -0.4 is 5.32 Å². The predicted octanol–water partition coefficient (Wildman–Crippen LogP) is 2.01. The molecule has 0 aliphatic carbocycles. The molecule has 0 radical (unpaired) electrons. The first kappa shape index (κ1) is 14.9. The van der Waals surface area contributed by atoms with Crippen LogP contribution in [0.15, 0.2) is 28.8 Å². The number of rotatable bonds is 6. The van der Waals surface area contributed by atoms with Crippen LogP contribution in [-0.2, 0) is 4.74 Å². The van der Waals surface area contributed by atoms with Gasteiger partial charge in [0.1, 0.15) is 5.82 Å². The maximum absolute atomic E-state index is 13.6. The monoisotopic (exact) mass is 306 g/mol. The van der Waals surface area contributed by atoms with Crippen LogP contribution in [0.3, 0.4) is 0 Å². The Kier molecular flexibility index (Phi) is 4.97. The highest BCUT2D eigenvalue weighted by Crippen LogP contribution is 2.20. The van der Waals surface area contributed by atoms with Gasteiger partial charge in [0.15, 0.2) is 0 Å². The van der Waals surface area contributed by atoms with Gasteiger partial charge in [-0.25, -0.2) is 4.39 Å². The van der Waals surface area contributed by atoms with E-state index < -0.39 is 0 Å². The van der Waals surface area contributed by atoms with Crippen molar-refractivity contribution in [3.8, 4) is 11.4 Å². The molecule has 0 spiro atoms. The van der Waals surface area contributed by atoms with Gasteiger partial charge in [0.05, 0.1) is 18.8 Å². The van der Waals surface area contributed by atoms with Gasteiger partial charge in [-0.1, -0.05) is 17.3 Å². The number of nitrogens with zero attached hydrogens (tertiary/aromatic N) is 3. The van der Waals surface area contributed by atoms with Crippen LogP contribution in [0.1, 0.15) is 6.42 Å². The lowest BCUT2D eigenvalue weighted by Crippen LogP contribution is -2.37. The molecule has 7 heteroatoms. The van der Waals surface area contributed by atoms with E-state index in [0.717, 1.165) is 45.8 Å². The molecule has 3 rings (SSSR count). The Bertz CT molecular complexity index is 599. The molecule has 1 saturated heterocycles. The second-order valence-corrected chi connectivity index (χ2v) is 5.14. The van der Waals surface area contributed by atoms with Crippen molar-refractivity contribution in [3.05, 3.63) is 30.1 Å². The maximum atomic E-state index is 13.6. The predicted molar refractivity (Wildman–Crippen MR) is 80.1 cm³/mol. The highest BCUT2D eigenvalue weighted by Gasteiger charge is 2.12. The Morgan fingerprint density at radius 2 is 2.05 bits per heavy atom. The van der Waals surface area contributed by atoms with Crippen molar-refractivity contribution in [2.24, 2.45) is 0 Å². The van der Waals surface area contributed by atoms with Gasteiger partial charge in [-0.2, -0.15) is 4.98 Å². The fourth-order valence-corrected chi connectivity index (χ4v) is 2.37. The zero-order valence-electron chi connectivity index (χ0n) is 12.3. The molecule has 1 fully saturated rings. The summed E-state index contributed by atoms with van der Waals surface area (Å²) in [5, 5.41) is 6.87. The third-order valence-electron chi connectivity index (χ3n) is 3.57. The van der Waals surface area contributed by atoms with Crippen LogP contribution >= 0.6 is 0 Å². The highest BCUT2D eigenvalue weighted by molar-refractivity contribution is 5.56. The minimum Gasteiger partial charge on any atom is -0.379 e. The molecular formula is C15H19FN4O2. The second-order valence-electron chi connectivity index (χ2n) is 5.14. The summed E-state index contributed by atoms with van der Waals surface area (Å²) in [5.41, 5.74) is 0.340. The fourth-order valence-electron chi connectivity index (χ4n) is 2.37. The third-order valence-corrected chi connectivity index (χ3v) is 3.57. The number of morpholine rings is 1. The lowest BCUT2D eigenvalue weighted by Gasteiger charge is -2.26. The van der Waals surface area contributed by atoms with Crippen LogP contribution in [0.25, 0.3) is 11.4 Å². The normalized spacial score (nSPS) is 15.9. The zero-order chi connectivity index (χ0) is 15.2. The molecule has 1 aliphatic rings. The number of halogens is 1. The molecule has 1 aromatic carbocycles. The summed E-state index contributed by atoms with van der Waals surface area (Å²) < 4.78 is 24.0. The molecule has 0 saturated carbocycles. The number of benzene rings is 1. The smallest absolute Gasteiger partial charge is 0.321 e. The lowest BCUT2D eigenvalue weighted by molar-refractivity contribution is 0.0378. The van der Waals surface area contributed by atoms with Gasteiger partial charge in [0.2, 0.25) is 5.82 Å². The first-order chi connectivity index (χ1) is 10.8. The number of hydrogen-bond donors (Lipinski definition) is 1. The molecule has 1 N–H and O–H groups in total. The van der Waals surface area contributed by atoms with Crippen LogP contribution in [0, 0.1) is 5.82 Å². The van der Waals surface area contributed by atoms with E-state index >= 15 is 0 Å². The van der Waals surface area contributed by atoms with Crippen LogP contribution in [0.2, 0.25) is 0 Å². The number of hydrogen-bond acceptors (Lipinski definition) is 6. The van der Waals surface area contributed by atoms with E-state index in [-0.39, 0.29) is 11.6 Å². The topological polar surface area (TPSA) is 63.4 Å². The molecular weight excluding hydrogens is 287 g/mol. The Morgan fingerprint density at radius 1 is 1.23 bits per heavy atom. The van der Waals surface area contributed by atoms with Gasteiger partial charge in [0, 0.05) is 19.6 Å². The molecule has 1 aliphatic heterocycles. The van der Waals surface area contributed by atoms with E-state index in [2.05, 4.69) is 20.4 Å². The summed E-state index contributed by atoms with van der Waals surface area (Å²) in [6.07, 6.45) is 0.970. The van der Waals surface area contributed by atoms with Crippen LogP contribution in [-0.4, -0.2) is 54.4 Å². The molecule has 2 heterocycles. The van der Waals surface area contributed by atoms with Crippen molar-refractivity contribution in [1.29, 1.82) is 0 Å². The van der Waals surface area contributed by atoms with E-state index in [0.29, 0.717) is 11.6 Å². The fraction of sp³-hybridized carbons (Fsp3) is 0.467. The molecule has 0 unspecified atom stereocenters. The minimum absolute atomic E-state index is 0.258. The van der Waals surface area contributed by atoms with Crippen molar-refractivity contribution in [2.45, 2.75) is 6.42 Å². The van der Waals surface area contributed by atoms with E-state index in [1.165, 1.54) is 6.07 Å². The van der Waals surface area contributed by atoms with Gasteiger partial charge >= 0.3 is 6.01 Å². The van der Waals surface area contributed by atoms with Crippen LogP contribution in [0.4, 0.5) is 10.4 Å². The van der Waals surface area contributed by atoms with Gasteiger partial charge in [-0.15, -0.1) is 0 Å². The number of ether oxygens (including phenoxy) is 1. The molecule has 0 atom stereocenters. The van der Waals surface area contributed by atoms with Crippen LogP contribution in [0.5, 0.6) is 0 Å². The Labute approximate surface area is 128 Å². The summed E-state index contributed by atoms with van der Waals surface area (Å²) in [5.74, 6) is -0.101. The largest absolute Gasteiger partial charge is 0.379 e. The second kappa shape index (κ2) is 7.33. The molecule has 118 valence electrons. The molecule has 0 bridgehead atoms. The first-order valence-corrected chi connectivity index (χ1v) is 7.45. The molecule has 1 aromatic heterocycles. The van der Waals surface area contributed by atoms with E-state index in [9.17, 15) is 4.39 Å². The van der Waals surface area contributed by atoms with Gasteiger partial charge in [0.25, 0.3) is 0 Å². The van der Waals surface area contributed by atoms with Gasteiger partial charge in [-0.3, -0.25) is 4.90 Å². The average molecular weight is 306 g/mol. The van der Waals surface area contributed by atoms with E-state index in [1.807, 2.05) is 0 Å². The summed E-state index contributed by atoms with van der Waals surface area (Å²) in [4.78, 5) is 6.53. The van der Waals surface area contributed by atoms with Crippen molar-refractivity contribution in [1.82, 2.24) is 15.0 Å². The summed E-state index contributed by atoms with van der Waals surface area (Å²) in [7, 11) is 0. The number of aromatic nitrogens is 2. The Balaban J connectivity index is 1.47. The molecule has 22 heavy (non-hydrogen) atoms. The standard InChI is InChI=1S/C15H19FN4O2/c16-13-5-2-1-4-12(13)14-18-15(22-19-14)17-6-3-7-20-8-10-21-11-9-20/h1-2,4-5H,3,6-11H2,(H,17,18,19). The van der Waals surface area contributed by atoms with E-state index in [1.54, 1.807) is 18.2 Å².